The number of hydrogen-bond acceptors (Lipinski definition) is 4. The maximum Gasteiger partial charge on any atom is 0.180 e. The molecule has 3 rings (SSSR count). The lowest BCUT2D eigenvalue weighted by Gasteiger charge is -2.15. The van der Waals surface area contributed by atoms with Gasteiger partial charge in [-0.25, -0.2) is 4.39 Å². The highest BCUT2D eigenvalue weighted by atomic mass is 35.5. The molecule has 6 heteroatoms. The first kappa shape index (κ1) is 17.1. The van der Waals surface area contributed by atoms with E-state index in [0.29, 0.717) is 23.1 Å². The van der Waals surface area contributed by atoms with Gasteiger partial charge in [0.15, 0.2) is 11.5 Å². The summed E-state index contributed by atoms with van der Waals surface area (Å²) in [6.45, 7) is 3.43. The third kappa shape index (κ3) is 4.02. The molecule has 0 spiro atoms. The first-order chi connectivity index (χ1) is 11.7. The lowest BCUT2D eigenvalue weighted by Crippen LogP contribution is -2.03. The van der Waals surface area contributed by atoms with Crippen molar-refractivity contribution in [3.63, 3.8) is 0 Å². The maximum absolute atomic E-state index is 13.3. The summed E-state index contributed by atoms with van der Waals surface area (Å²) >= 11 is 8.10. The summed E-state index contributed by atoms with van der Waals surface area (Å²) < 4.78 is 24.8. The van der Waals surface area contributed by atoms with E-state index in [9.17, 15) is 4.39 Å². The van der Waals surface area contributed by atoms with Crippen molar-refractivity contribution >= 4 is 28.4 Å². The van der Waals surface area contributed by atoms with Crippen LogP contribution in [0.25, 0.3) is 0 Å². The van der Waals surface area contributed by atoms with Gasteiger partial charge in [-0.1, -0.05) is 23.7 Å². The minimum Gasteiger partial charge on any atom is -0.490 e. The molecule has 1 heterocycles. The lowest BCUT2D eigenvalue weighted by atomic mass is 10.2. The number of benzene rings is 2. The molecule has 2 aromatic rings. The summed E-state index contributed by atoms with van der Waals surface area (Å²) in [5.74, 6) is 1.73. The Morgan fingerprint density at radius 1 is 1.25 bits per heavy atom. The summed E-state index contributed by atoms with van der Waals surface area (Å²) in [7, 11) is 0. The normalized spacial score (nSPS) is 13.7. The molecule has 0 saturated carbocycles. The zero-order chi connectivity index (χ0) is 16.9. The Kier molecular flexibility index (Phi) is 5.63. The van der Waals surface area contributed by atoms with Crippen molar-refractivity contribution in [3.05, 3.63) is 58.4 Å². The Hall–Kier alpha value is -1.72. The summed E-state index contributed by atoms with van der Waals surface area (Å²) in [5, 5.41) is 1.43. The second kappa shape index (κ2) is 7.90. The molecular weight excluding hydrogens is 349 g/mol. The van der Waals surface area contributed by atoms with Gasteiger partial charge in [-0.3, -0.25) is 4.99 Å². The van der Waals surface area contributed by atoms with Gasteiger partial charge in [0, 0.05) is 17.9 Å². The van der Waals surface area contributed by atoms with Crippen molar-refractivity contribution < 1.29 is 13.9 Å². The average Bonchev–Trinajstić information content (AvgIpc) is 3.09. The van der Waals surface area contributed by atoms with E-state index in [4.69, 9.17) is 21.1 Å². The molecule has 0 aliphatic carbocycles. The van der Waals surface area contributed by atoms with Crippen molar-refractivity contribution in [2.24, 2.45) is 4.99 Å². The van der Waals surface area contributed by atoms with Crippen LogP contribution < -0.4 is 9.47 Å². The van der Waals surface area contributed by atoms with E-state index in [0.717, 1.165) is 28.5 Å². The third-order valence-corrected chi connectivity index (χ3v) is 4.72. The first-order valence-corrected chi connectivity index (χ1v) is 9.05. The van der Waals surface area contributed by atoms with E-state index >= 15 is 0 Å². The van der Waals surface area contributed by atoms with Gasteiger partial charge < -0.3 is 9.47 Å². The summed E-state index contributed by atoms with van der Waals surface area (Å²) in [6, 6.07) is 10.0. The summed E-state index contributed by atoms with van der Waals surface area (Å²) in [6.07, 6.45) is 0. The number of rotatable bonds is 6. The fourth-order valence-corrected chi connectivity index (χ4v) is 3.49. The molecule has 0 bridgehead atoms. The van der Waals surface area contributed by atoms with Crippen LogP contribution in [0.15, 0.2) is 41.4 Å². The Morgan fingerprint density at radius 3 is 2.83 bits per heavy atom. The monoisotopic (exact) mass is 365 g/mol. The molecule has 126 valence electrons. The van der Waals surface area contributed by atoms with E-state index in [2.05, 4.69) is 4.99 Å². The van der Waals surface area contributed by atoms with Crippen molar-refractivity contribution in [3.8, 4) is 11.5 Å². The number of hydrogen-bond donors (Lipinski definition) is 0. The third-order valence-electron chi connectivity index (χ3n) is 3.41. The van der Waals surface area contributed by atoms with Gasteiger partial charge in [0.2, 0.25) is 0 Å². The highest BCUT2D eigenvalue weighted by Crippen LogP contribution is 2.38. The van der Waals surface area contributed by atoms with Crippen LogP contribution in [0, 0.1) is 5.82 Å². The van der Waals surface area contributed by atoms with E-state index in [-0.39, 0.29) is 12.4 Å². The second-order valence-electron chi connectivity index (χ2n) is 5.17. The molecule has 24 heavy (non-hydrogen) atoms. The average molecular weight is 366 g/mol. The second-order valence-corrected chi connectivity index (χ2v) is 6.66. The minimum absolute atomic E-state index is 0.215. The van der Waals surface area contributed by atoms with Crippen LogP contribution in [0.4, 0.5) is 4.39 Å². The fraction of sp³-hybridized carbons (Fsp3) is 0.278. The Bertz CT molecular complexity index is 767. The maximum atomic E-state index is 13.3. The van der Waals surface area contributed by atoms with Gasteiger partial charge >= 0.3 is 0 Å². The predicted octanol–water partition coefficient (Wildman–Crippen LogP) is 4.95. The van der Waals surface area contributed by atoms with Gasteiger partial charge in [-0.15, -0.1) is 11.8 Å². The van der Waals surface area contributed by atoms with Crippen LogP contribution in [0.5, 0.6) is 11.5 Å². The SMILES string of the molecule is CCOc1cc(C2=NCCS2)cc(Cl)c1OCc1cccc(F)c1. The van der Waals surface area contributed by atoms with Crippen molar-refractivity contribution in [2.45, 2.75) is 13.5 Å². The molecule has 0 fully saturated rings. The Balaban J connectivity index is 1.85. The van der Waals surface area contributed by atoms with Gasteiger partial charge in [-0.05, 0) is 36.8 Å². The highest BCUT2D eigenvalue weighted by molar-refractivity contribution is 8.14. The van der Waals surface area contributed by atoms with Gasteiger partial charge in [0.25, 0.3) is 0 Å². The zero-order valence-corrected chi connectivity index (χ0v) is 14.8. The van der Waals surface area contributed by atoms with Crippen LogP contribution in [-0.4, -0.2) is 23.9 Å². The van der Waals surface area contributed by atoms with E-state index in [1.165, 1.54) is 12.1 Å². The molecule has 1 aliphatic heterocycles. The number of thioether (sulfide) groups is 1. The summed E-state index contributed by atoms with van der Waals surface area (Å²) in [4.78, 5) is 4.46. The molecule has 0 radical (unpaired) electrons. The predicted molar refractivity (Wildman–Crippen MR) is 97.2 cm³/mol. The fourth-order valence-electron chi connectivity index (χ4n) is 2.39. The van der Waals surface area contributed by atoms with Gasteiger partial charge in [0.1, 0.15) is 12.4 Å². The molecule has 2 aromatic carbocycles. The first-order valence-electron chi connectivity index (χ1n) is 7.68. The van der Waals surface area contributed by atoms with Crippen LogP contribution in [0.2, 0.25) is 5.02 Å². The smallest absolute Gasteiger partial charge is 0.180 e. The highest BCUT2D eigenvalue weighted by Gasteiger charge is 2.17. The number of nitrogens with zero attached hydrogens (tertiary/aromatic N) is 1. The van der Waals surface area contributed by atoms with E-state index in [1.54, 1.807) is 23.9 Å². The molecule has 0 N–H and O–H groups in total. The molecule has 0 amide bonds. The molecule has 0 saturated heterocycles. The van der Waals surface area contributed by atoms with E-state index < -0.39 is 0 Å². The molecule has 3 nitrogen and oxygen atoms in total. The number of halogens is 2. The van der Waals surface area contributed by atoms with Crippen LogP contribution in [0.3, 0.4) is 0 Å². The number of ether oxygens (including phenoxy) is 2. The zero-order valence-electron chi connectivity index (χ0n) is 13.2. The van der Waals surface area contributed by atoms with E-state index in [1.807, 2.05) is 19.1 Å². The largest absolute Gasteiger partial charge is 0.490 e. The standard InChI is InChI=1S/C18H17ClFNO2S/c1-2-22-16-10-13(18-21-6-7-24-18)9-15(19)17(16)23-11-12-4-3-5-14(20)8-12/h3-5,8-10H,2,6-7,11H2,1H3. The molecule has 0 aromatic heterocycles. The lowest BCUT2D eigenvalue weighted by molar-refractivity contribution is 0.269. The number of aliphatic imine (C=N–C) groups is 1. The topological polar surface area (TPSA) is 30.8 Å². The van der Waals surface area contributed by atoms with Gasteiger partial charge in [-0.2, -0.15) is 0 Å². The quantitative estimate of drug-likeness (QED) is 0.725. The van der Waals surface area contributed by atoms with Crippen LogP contribution in [0.1, 0.15) is 18.1 Å². The molecule has 0 atom stereocenters. The van der Waals surface area contributed by atoms with Crippen LogP contribution in [-0.2, 0) is 6.61 Å². The van der Waals surface area contributed by atoms with Crippen LogP contribution >= 0.6 is 23.4 Å². The van der Waals surface area contributed by atoms with Crippen molar-refractivity contribution in [1.29, 1.82) is 0 Å². The molecule has 0 unspecified atom stereocenters. The Morgan fingerprint density at radius 2 is 2.12 bits per heavy atom. The molecular formula is C18H17ClFNO2S. The van der Waals surface area contributed by atoms with Gasteiger partial charge in [0.05, 0.1) is 16.7 Å². The molecule has 1 aliphatic rings. The van der Waals surface area contributed by atoms with Crippen molar-refractivity contribution in [1.82, 2.24) is 0 Å². The Labute approximate surface area is 149 Å². The minimum atomic E-state index is -0.293. The van der Waals surface area contributed by atoms with Crippen molar-refractivity contribution in [2.75, 3.05) is 18.9 Å². The summed E-state index contributed by atoms with van der Waals surface area (Å²) in [5.41, 5.74) is 1.66.